The number of methoxy groups -OCH3 is 1. The smallest absolute Gasteiger partial charge is 0.264 e. The van der Waals surface area contributed by atoms with Gasteiger partial charge in [0.1, 0.15) is 5.75 Å². The molecule has 1 spiro atoms. The number of amides is 3. The summed E-state index contributed by atoms with van der Waals surface area (Å²) in [6.07, 6.45) is 1.26. The van der Waals surface area contributed by atoms with Crippen molar-refractivity contribution in [2.75, 3.05) is 30.5 Å². The van der Waals surface area contributed by atoms with Crippen LogP contribution in [0, 0.1) is 5.92 Å². The van der Waals surface area contributed by atoms with Gasteiger partial charge in [0.15, 0.2) is 5.60 Å². The highest BCUT2D eigenvalue weighted by Gasteiger charge is 2.66. The highest BCUT2D eigenvalue weighted by molar-refractivity contribution is 6.91. The Labute approximate surface area is 306 Å². The minimum atomic E-state index is -2.44. The Balaban J connectivity index is 1.23. The summed E-state index contributed by atoms with van der Waals surface area (Å²) < 4.78 is 12.6. The molecular formula is C42H47N3O6Si. The Morgan fingerprint density at radius 1 is 0.981 bits per heavy atom. The number of aliphatic hydroxyl groups excluding tert-OH is 1. The first kappa shape index (κ1) is 35.6. The molecule has 3 heterocycles. The monoisotopic (exact) mass is 717 g/mol. The molecule has 4 aromatic rings. The van der Waals surface area contributed by atoms with Crippen molar-refractivity contribution < 1.29 is 29.0 Å². The Kier molecular flexibility index (Phi) is 9.82. The van der Waals surface area contributed by atoms with E-state index in [1.807, 2.05) is 78.9 Å². The number of benzene rings is 4. The first-order chi connectivity index (χ1) is 25.1. The topological polar surface area (TPSA) is 108 Å². The number of hydrogen-bond acceptors (Lipinski definition) is 6. The molecule has 0 saturated carbocycles. The molecular weight excluding hydrogens is 671 g/mol. The molecule has 270 valence electrons. The Morgan fingerprint density at radius 3 is 2.44 bits per heavy atom. The number of fused-ring (bicyclic) bond motifs is 2. The fourth-order valence-electron chi connectivity index (χ4n) is 8.99. The van der Waals surface area contributed by atoms with Gasteiger partial charge in [-0.05, 0) is 66.4 Å². The van der Waals surface area contributed by atoms with E-state index >= 15 is 4.79 Å². The zero-order chi connectivity index (χ0) is 36.6. The van der Waals surface area contributed by atoms with E-state index in [2.05, 4.69) is 37.5 Å². The maximum absolute atomic E-state index is 15.1. The first-order valence-electron chi connectivity index (χ1n) is 18.2. The Bertz CT molecular complexity index is 1950. The van der Waals surface area contributed by atoms with Crippen molar-refractivity contribution in [2.45, 2.75) is 69.1 Å². The van der Waals surface area contributed by atoms with Crippen molar-refractivity contribution >= 4 is 42.4 Å². The van der Waals surface area contributed by atoms with E-state index < -0.39 is 19.8 Å². The summed E-state index contributed by atoms with van der Waals surface area (Å²) in [5, 5.41) is 14.2. The Hall–Kier alpha value is -4.77. The first-order valence-corrected chi connectivity index (χ1v) is 21.3. The predicted molar refractivity (Wildman–Crippen MR) is 204 cm³/mol. The summed E-state index contributed by atoms with van der Waals surface area (Å²) in [4.78, 5) is 45.7. The minimum absolute atomic E-state index is 0.0414. The fourth-order valence-corrected chi connectivity index (χ4v) is 13.0. The van der Waals surface area contributed by atoms with Crippen LogP contribution >= 0.6 is 0 Å². The summed E-state index contributed by atoms with van der Waals surface area (Å²) in [5.41, 5.74) is 2.28. The summed E-state index contributed by atoms with van der Waals surface area (Å²) >= 11 is 0. The molecule has 2 fully saturated rings. The molecule has 0 aliphatic carbocycles. The van der Waals surface area contributed by atoms with Gasteiger partial charge in [0.25, 0.3) is 11.8 Å². The molecule has 5 atom stereocenters. The molecule has 2 saturated heterocycles. The van der Waals surface area contributed by atoms with Crippen molar-refractivity contribution in [3.8, 4) is 5.75 Å². The van der Waals surface area contributed by atoms with Crippen molar-refractivity contribution in [3.63, 3.8) is 0 Å². The third-order valence-corrected chi connectivity index (χ3v) is 15.9. The number of hydrogen-bond donors (Lipinski definition) is 2. The zero-order valence-corrected chi connectivity index (χ0v) is 31.2. The van der Waals surface area contributed by atoms with E-state index in [0.717, 1.165) is 35.4 Å². The van der Waals surface area contributed by atoms with Crippen molar-refractivity contribution in [3.05, 3.63) is 120 Å². The molecule has 0 bridgehead atoms. The van der Waals surface area contributed by atoms with Crippen LogP contribution in [0.25, 0.3) is 0 Å². The second-order valence-electron chi connectivity index (χ2n) is 14.9. The fraction of sp³-hybridized carbons (Fsp3) is 0.357. The summed E-state index contributed by atoms with van der Waals surface area (Å²) in [6, 6.07) is 32.5. The van der Waals surface area contributed by atoms with Gasteiger partial charge < -0.3 is 29.7 Å². The lowest BCUT2D eigenvalue weighted by molar-refractivity contribution is -0.150. The van der Waals surface area contributed by atoms with Gasteiger partial charge in [0.2, 0.25) is 5.91 Å². The van der Waals surface area contributed by atoms with E-state index in [0.29, 0.717) is 17.8 Å². The van der Waals surface area contributed by atoms with Gasteiger partial charge in [-0.2, -0.15) is 0 Å². The van der Waals surface area contributed by atoms with Crippen molar-refractivity contribution in [1.82, 2.24) is 4.90 Å². The van der Waals surface area contributed by atoms with E-state index in [4.69, 9.17) is 9.47 Å². The molecule has 3 aliphatic heterocycles. The second kappa shape index (κ2) is 14.3. The maximum atomic E-state index is 15.1. The number of ether oxygens (including phenoxy) is 2. The Morgan fingerprint density at radius 2 is 1.71 bits per heavy atom. The highest BCUT2D eigenvalue weighted by atomic mass is 28.3. The van der Waals surface area contributed by atoms with Crippen LogP contribution < -0.4 is 20.1 Å². The average Bonchev–Trinajstić information content (AvgIpc) is 3.83. The van der Waals surface area contributed by atoms with E-state index in [-0.39, 0.29) is 54.8 Å². The van der Waals surface area contributed by atoms with E-state index in [1.165, 1.54) is 5.19 Å². The quantitative estimate of drug-likeness (QED) is 0.193. The van der Waals surface area contributed by atoms with Crippen LogP contribution in [0.15, 0.2) is 103 Å². The van der Waals surface area contributed by atoms with Gasteiger partial charge in [-0.25, -0.2) is 0 Å². The van der Waals surface area contributed by atoms with Crippen LogP contribution in [0.4, 0.5) is 11.4 Å². The van der Waals surface area contributed by atoms with Crippen LogP contribution in [0.1, 0.15) is 47.7 Å². The molecule has 7 rings (SSSR count). The summed E-state index contributed by atoms with van der Waals surface area (Å²) in [5.74, 6) is 0.128. The van der Waals surface area contributed by atoms with Crippen LogP contribution in [-0.4, -0.2) is 68.2 Å². The van der Waals surface area contributed by atoms with Crippen molar-refractivity contribution in [1.29, 1.82) is 0 Å². The molecule has 2 N–H and O–H groups in total. The number of nitrogens with one attached hydrogen (secondary N) is 1. The molecule has 4 aromatic carbocycles. The SMILES string of the molecule is COc1ccc([Si](C)(C)[C@H]2[C@H](CC(=O)N3CCC[C@H]3CO)O[C@@]3(C(=O)N(Cc4cccc(NC(=O)c5ccccc5)c4)c4ccccc43)[C@@H]2C)cc1. The number of aliphatic hydroxyl groups is 1. The van der Waals surface area contributed by atoms with Crippen LogP contribution in [0.5, 0.6) is 5.75 Å². The number of likely N-dealkylation sites (tertiary alicyclic amines) is 1. The van der Waals surface area contributed by atoms with Gasteiger partial charge >= 0.3 is 0 Å². The van der Waals surface area contributed by atoms with Gasteiger partial charge in [-0.1, -0.05) is 85.9 Å². The molecule has 3 amide bonds. The second-order valence-corrected chi connectivity index (χ2v) is 19.5. The molecule has 0 aromatic heterocycles. The normalized spacial score (nSPS) is 24.0. The molecule has 52 heavy (non-hydrogen) atoms. The number of nitrogens with zero attached hydrogens (tertiary/aromatic N) is 2. The van der Waals surface area contributed by atoms with Gasteiger partial charge in [0.05, 0.1) is 52.6 Å². The van der Waals surface area contributed by atoms with Gasteiger partial charge in [-0.3, -0.25) is 14.4 Å². The third kappa shape index (κ3) is 6.22. The van der Waals surface area contributed by atoms with Crippen LogP contribution in [0.3, 0.4) is 0 Å². The third-order valence-electron chi connectivity index (χ3n) is 11.6. The van der Waals surface area contributed by atoms with Crippen LogP contribution in [0.2, 0.25) is 18.6 Å². The van der Waals surface area contributed by atoms with Gasteiger partial charge in [0, 0.05) is 29.3 Å². The largest absolute Gasteiger partial charge is 0.497 e. The molecule has 9 nitrogen and oxygen atoms in total. The number of carbonyl (C=O) groups excluding carboxylic acids is 3. The number of para-hydroxylation sites is 1. The molecule has 10 heteroatoms. The molecule has 0 unspecified atom stereocenters. The van der Waals surface area contributed by atoms with Gasteiger partial charge in [-0.15, -0.1) is 0 Å². The van der Waals surface area contributed by atoms with Crippen LogP contribution in [-0.2, 0) is 26.5 Å². The maximum Gasteiger partial charge on any atom is 0.264 e. The van der Waals surface area contributed by atoms with E-state index in [9.17, 15) is 14.7 Å². The number of rotatable bonds is 10. The summed E-state index contributed by atoms with van der Waals surface area (Å²) in [6.45, 7) is 7.56. The average molecular weight is 718 g/mol. The lowest BCUT2D eigenvalue weighted by Gasteiger charge is -2.37. The standard InChI is InChI=1S/C42H47N3O6Si/c1-28-39(52(3,4)34-21-19-33(50-2)20-22-34)37(25-38(47)44-23-11-16-32(44)27-46)51-42(28)35-17-8-9-18-36(35)45(41(42)49)26-29-12-10-15-31(24-29)43-40(48)30-13-6-5-7-14-30/h5-10,12-15,17-22,24,28,32,37,39,46H,11,16,23,25-27H2,1-4H3,(H,43,48)/t28-,32+,37+,39-,42+/m1/s1. The van der Waals surface area contributed by atoms with Crippen molar-refractivity contribution in [2.24, 2.45) is 5.92 Å². The predicted octanol–water partition coefficient (Wildman–Crippen LogP) is 6.08. The lowest BCUT2D eigenvalue weighted by Crippen LogP contribution is -2.52. The lowest BCUT2D eigenvalue weighted by atomic mass is 9.82. The summed E-state index contributed by atoms with van der Waals surface area (Å²) in [7, 11) is -0.791. The minimum Gasteiger partial charge on any atom is -0.497 e. The zero-order valence-electron chi connectivity index (χ0n) is 30.2. The van der Waals surface area contributed by atoms with E-state index in [1.54, 1.807) is 29.0 Å². The number of anilines is 2. The molecule has 0 radical (unpaired) electrons. The number of carbonyl (C=O) groups is 3. The highest BCUT2D eigenvalue weighted by Crippen LogP contribution is 2.60. The molecule has 3 aliphatic rings.